The van der Waals surface area contributed by atoms with Gasteiger partial charge < -0.3 is 19.1 Å². The molecule has 12 rings (SSSR count). The van der Waals surface area contributed by atoms with Gasteiger partial charge in [-0.1, -0.05) is 201 Å². The van der Waals surface area contributed by atoms with Crippen LogP contribution in [0, 0.1) is 0 Å². The predicted molar refractivity (Wildman–Crippen MR) is 341 cm³/mol. The molecule has 0 saturated carbocycles. The van der Waals surface area contributed by atoms with Crippen molar-refractivity contribution in [3.63, 3.8) is 0 Å². The van der Waals surface area contributed by atoms with E-state index in [1.807, 2.05) is 6.07 Å². The van der Waals surface area contributed by atoms with Gasteiger partial charge >= 0.3 is 0 Å². The molecule has 0 N–H and O–H groups in total. The van der Waals surface area contributed by atoms with E-state index >= 15 is 0 Å². The minimum absolute atomic E-state index is 0.000395. The zero-order chi connectivity index (χ0) is 55.7. The normalized spacial score (nSPS) is 13.7. The largest absolute Gasteiger partial charge is 0.456 e. The summed E-state index contributed by atoms with van der Waals surface area (Å²) < 4.78 is 6.41. The Kier molecular flexibility index (Phi) is 12.1. The molecule has 2 aliphatic heterocycles. The first-order chi connectivity index (χ1) is 37.3. The summed E-state index contributed by atoms with van der Waals surface area (Å²) >= 11 is 0. The SMILES string of the molecule is CC(C)(C)c1ccc(N(c2ccc(C(C)(C)C)cc2)c2cc3c4c(c2)N(c2ccc(C(C)(C)C)cc2)c2ccc(C(C)(C)C)cc2B4c2cc(C(C)(C)C)ccc2N3c2ccc(-c3ccc4c(c3)oc3ccccc34)cc2)cc1. The van der Waals surface area contributed by atoms with Crippen LogP contribution in [0.3, 0.4) is 0 Å². The molecule has 9 aromatic carbocycles. The second-order valence-corrected chi connectivity index (χ2v) is 27.6. The molecule has 10 aromatic rings. The minimum atomic E-state index is -0.0768. The number of hydrogen-bond acceptors (Lipinski definition) is 4. The van der Waals surface area contributed by atoms with Crippen molar-refractivity contribution >= 4 is 96.2 Å². The fourth-order valence-electron chi connectivity index (χ4n) is 12.1. The molecule has 5 heteroatoms. The van der Waals surface area contributed by atoms with Crippen LogP contribution in [0.4, 0.5) is 51.2 Å². The number of anilines is 9. The molecule has 1 aromatic heterocycles. The van der Waals surface area contributed by atoms with E-state index < -0.39 is 0 Å². The number of hydrogen-bond donors (Lipinski definition) is 0. The monoisotopic (exact) mass is 1030 g/mol. The molecule has 0 aliphatic carbocycles. The van der Waals surface area contributed by atoms with Crippen LogP contribution in [-0.2, 0) is 27.1 Å². The van der Waals surface area contributed by atoms with Crippen molar-refractivity contribution < 1.29 is 4.42 Å². The van der Waals surface area contributed by atoms with E-state index in [9.17, 15) is 0 Å². The van der Waals surface area contributed by atoms with Gasteiger partial charge in [0.25, 0.3) is 6.71 Å². The third-order valence-corrected chi connectivity index (χ3v) is 16.9. The summed E-state index contributed by atoms with van der Waals surface area (Å²) in [6, 6.07) is 71.7. The summed E-state index contributed by atoms with van der Waals surface area (Å²) in [6.07, 6.45) is 0. The van der Waals surface area contributed by atoms with Crippen LogP contribution >= 0.6 is 0 Å². The van der Waals surface area contributed by atoms with Crippen molar-refractivity contribution in [1.29, 1.82) is 0 Å². The Morgan fingerprint density at radius 2 is 0.722 bits per heavy atom. The molecule has 0 fully saturated rings. The highest BCUT2D eigenvalue weighted by atomic mass is 16.3. The maximum absolute atomic E-state index is 6.41. The lowest BCUT2D eigenvalue weighted by Crippen LogP contribution is -2.61. The maximum Gasteiger partial charge on any atom is 0.252 e. The minimum Gasteiger partial charge on any atom is -0.456 e. The van der Waals surface area contributed by atoms with Crippen molar-refractivity contribution in [2.75, 3.05) is 14.7 Å². The van der Waals surface area contributed by atoms with Gasteiger partial charge in [0.1, 0.15) is 11.2 Å². The molecule has 396 valence electrons. The molecule has 0 unspecified atom stereocenters. The zero-order valence-corrected chi connectivity index (χ0v) is 49.2. The lowest BCUT2D eigenvalue weighted by Gasteiger charge is -2.45. The van der Waals surface area contributed by atoms with Gasteiger partial charge in [-0.15, -0.1) is 0 Å². The molecule has 3 heterocycles. The second-order valence-electron chi connectivity index (χ2n) is 27.6. The summed E-state index contributed by atoms with van der Waals surface area (Å²) in [7, 11) is 0. The van der Waals surface area contributed by atoms with Gasteiger partial charge in [0.15, 0.2) is 0 Å². The molecular weight excluding hydrogens is 958 g/mol. The van der Waals surface area contributed by atoms with Crippen LogP contribution < -0.4 is 31.1 Å². The van der Waals surface area contributed by atoms with Gasteiger partial charge in [-0.2, -0.15) is 0 Å². The van der Waals surface area contributed by atoms with Crippen LogP contribution in [0.15, 0.2) is 192 Å². The lowest BCUT2D eigenvalue weighted by molar-refractivity contribution is 0.590. The highest BCUT2D eigenvalue weighted by Crippen LogP contribution is 2.50. The summed E-state index contributed by atoms with van der Waals surface area (Å²) in [5, 5.41) is 2.27. The van der Waals surface area contributed by atoms with E-state index in [0.717, 1.165) is 67.2 Å². The molecule has 0 saturated heterocycles. The van der Waals surface area contributed by atoms with Crippen molar-refractivity contribution in [3.05, 3.63) is 216 Å². The van der Waals surface area contributed by atoms with Crippen LogP contribution in [0.25, 0.3) is 33.1 Å². The van der Waals surface area contributed by atoms with E-state index in [2.05, 4.69) is 301 Å². The summed E-state index contributed by atoms with van der Waals surface area (Å²) in [6.45, 7) is 34.7. The molecule has 0 amide bonds. The molecule has 4 nitrogen and oxygen atoms in total. The number of benzene rings is 9. The Labute approximate surface area is 470 Å². The summed E-state index contributed by atoms with van der Waals surface area (Å²) in [5.74, 6) is 0. The number of para-hydroxylation sites is 1. The average molecular weight is 1030 g/mol. The van der Waals surface area contributed by atoms with Gasteiger partial charge in [0.05, 0.1) is 5.69 Å². The molecule has 0 radical (unpaired) electrons. The van der Waals surface area contributed by atoms with Crippen molar-refractivity contribution in [3.8, 4) is 11.1 Å². The van der Waals surface area contributed by atoms with E-state index in [1.54, 1.807) is 0 Å². The van der Waals surface area contributed by atoms with Crippen LogP contribution in [0.2, 0.25) is 0 Å². The number of rotatable bonds is 6. The Bertz CT molecular complexity index is 3900. The van der Waals surface area contributed by atoms with E-state index in [-0.39, 0.29) is 33.8 Å². The molecular formula is C74H76BN3O. The topological polar surface area (TPSA) is 22.9 Å². The molecule has 0 spiro atoms. The Hall–Kier alpha value is -7.76. The van der Waals surface area contributed by atoms with Crippen LogP contribution in [0.5, 0.6) is 0 Å². The van der Waals surface area contributed by atoms with Crippen LogP contribution in [0.1, 0.15) is 132 Å². The Morgan fingerprint density at radius 3 is 1.18 bits per heavy atom. The lowest BCUT2D eigenvalue weighted by atomic mass is 9.33. The Morgan fingerprint density at radius 1 is 0.329 bits per heavy atom. The fraction of sp³-hybridized carbons (Fsp3) is 0.270. The number of nitrogens with zero attached hydrogens (tertiary/aromatic N) is 3. The summed E-state index contributed by atoms with van der Waals surface area (Å²) in [4.78, 5) is 7.62. The van der Waals surface area contributed by atoms with E-state index in [0.29, 0.717) is 0 Å². The number of furan rings is 1. The van der Waals surface area contributed by atoms with Gasteiger partial charge in [-0.05, 0) is 173 Å². The first-order valence-corrected chi connectivity index (χ1v) is 28.5. The molecule has 79 heavy (non-hydrogen) atoms. The van der Waals surface area contributed by atoms with Gasteiger partial charge in [0, 0.05) is 56.3 Å². The third kappa shape index (κ3) is 9.23. The molecule has 2 aliphatic rings. The first-order valence-electron chi connectivity index (χ1n) is 28.5. The van der Waals surface area contributed by atoms with Crippen molar-refractivity contribution in [2.24, 2.45) is 0 Å². The fourth-order valence-corrected chi connectivity index (χ4v) is 12.1. The predicted octanol–water partition coefficient (Wildman–Crippen LogP) is 19.3. The van der Waals surface area contributed by atoms with E-state index in [1.165, 1.54) is 61.3 Å². The van der Waals surface area contributed by atoms with Gasteiger partial charge in [0.2, 0.25) is 0 Å². The second kappa shape index (κ2) is 18.4. The maximum atomic E-state index is 6.41. The molecule has 0 atom stereocenters. The smallest absolute Gasteiger partial charge is 0.252 e. The Balaban J connectivity index is 1.15. The van der Waals surface area contributed by atoms with Gasteiger partial charge in [-0.3, -0.25) is 0 Å². The van der Waals surface area contributed by atoms with Gasteiger partial charge in [-0.25, -0.2) is 0 Å². The van der Waals surface area contributed by atoms with Crippen LogP contribution in [-0.4, -0.2) is 6.71 Å². The first kappa shape index (κ1) is 52.0. The zero-order valence-electron chi connectivity index (χ0n) is 49.2. The highest BCUT2D eigenvalue weighted by Gasteiger charge is 2.45. The van der Waals surface area contributed by atoms with Crippen molar-refractivity contribution in [1.82, 2.24) is 0 Å². The number of fused-ring (bicyclic) bond motifs is 7. The molecule has 0 bridgehead atoms. The van der Waals surface area contributed by atoms with E-state index in [4.69, 9.17) is 4.42 Å². The standard InChI is InChI=1S/C74H76BN3O/c1-70(2,3)49-23-33-54(34-24-49)76(55-35-25-50(26-36-55)71(4,5)6)58-45-65-69-66(46-58)78(57-37-27-51(28-38-57)72(7,8)9)64-41-30-53(74(13,14)15)44-62(64)75(69)61-43-52(73(10,11)12)29-40-63(61)77(65)56-31-20-47(21-32-56)48-22-39-60-59-18-16-17-19-67(59)79-68(60)42-48/h16-46H,1-15H3. The highest BCUT2D eigenvalue weighted by molar-refractivity contribution is 7.00. The third-order valence-electron chi connectivity index (χ3n) is 16.9. The quantitative estimate of drug-likeness (QED) is 0.155. The summed E-state index contributed by atoms with van der Waals surface area (Å²) in [5.41, 5.74) is 24.7. The van der Waals surface area contributed by atoms with Crippen molar-refractivity contribution in [2.45, 2.75) is 131 Å². The average Bonchev–Trinajstić information content (AvgIpc) is 3.22.